The molecule has 0 radical (unpaired) electrons. The van der Waals surface area contributed by atoms with Gasteiger partial charge >= 0.3 is 5.97 Å². The predicted molar refractivity (Wildman–Crippen MR) is 66.4 cm³/mol. The van der Waals surface area contributed by atoms with Crippen molar-refractivity contribution in [1.29, 1.82) is 0 Å². The average Bonchev–Trinajstić information content (AvgIpc) is 2.73. The number of hydrogen-bond acceptors (Lipinski definition) is 3. The second-order valence-electron chi connectivity index (χ2n) is 4.28. The van der Waals surface area contributed by atoms with E-state index in [0.29, 0.717) is 18.1 Å². The van der Waals surface area contributed by atoms with Crippen molar-refractivity contribution in [3.63, 3.8) is 0 Å². The molecule has 1 N–H and O–H groups in total. The van der Waals surface area contributed by atoms with Crippen LogP contribution in [0, 0.1) is 6.92 Å². The highest BCUT2D eigenvalue weighted by Crippen LogP contribution is 2.10. The van der Waals surface area contributed by atoms with E-state index in [2.05, 4.69) is 30.1 Å². The minimum absolute atomic E-state index is 0.114. The molecule has 0 saturated heterocycles. The molecule has 0 aliphatic rings. The maximum Gasteiger partial charge on any atom is 0.311 e. The van der Waals surface area contributed by atoms with Gasteiger partial charge in [-0.05, 0) is 18.9 Å². The molecule has 0 spiro atoms. The normalized spacial score (nSPS) is 10.5. The summed E-state index contributed by atoms with van der Waals surface area (Å²) in [6, 6.07) is 8.27. The number of hydrogen-bond donors (Lipinski definition) is 1. The topological polar surface area (TPSA) is 63.3 Å². The van der Waals surface area contributed by atoms with Crippen LogP contribution in [0.4, 0.5) is 0 Å². The van der Waals surface area contributed by atoms with Crippen LogP contribution in [0.2, 0.25) is 0 Å². The quantitative estimate of drug-likeness (QED) is 0.878. The van der Waals surface area contributed by atoms with Gasteiger partial charge in [-0.25, -0.2) is 4.98 Å². The number of rotatable bonds is 5. The second kappa shape index (κ2) is 5.49. The molecule has 4 heteroatoms. The fraction of sp³-hybridized carbons (Fsp3) is 0.286. The summed E-state index contributed by atoms with van der Waals surface area (Å²) in [6.07, 6.45) is 2.90. The molecule has 0 saturated carbocycles. The summed E-state index contributed by atoms with van der Waals surface area (Å²) in [6.45, 7) is 2.06. The molecule has 2 aromatic rings. The van der Waals surface area contributed by atoms with Crippen molar-refractivity contribution in [2.75, 3.05) is 0 Å². The lowest BCUT2D eigenvalue weighted by molar-refractivity contribution is -0.136. The van der Waals surface area contributed by atoms with Crippen LogP contribution in [0.1, 0.15) is 22.8 Å². The van der Waals surface area contributed by atoms with Crippen molar-refractivity contribution >= 4 is 5.97 Å². The Labute approximate surface area is 105 Å². The van der Waals surface area contributed by atoms with Crippen LogP contribution in [-0.2, 0) is 24.1 Å². The van der Waals surface area contributed by atoms with E-state index in [1.807, 2.05) is 6.07 Å². The van der Waals surface area contributed by atoms with Crippen LogP contribution < -0.4 is 0 Å². The summed E-state index contributed by atoms with van der Waals surface area (Å²) >= 11 is 0. The van der Waals surface area contributed by atoms with Crippen molar-refractivity contribution < 1.29 is 14.3 Å². The highest BCUT2D eigenvalue weighted by atomic mass is 16.4. The summed E-state index contributed by atoms with van der Waals surface area (Å²) in [4.78, 5) is 14.6. The average molecular weight is 245 g/mol. The molecule has 1 aromatic carbocycles. The molecule has 18 heavy (non-hydrogen) atoms. The molecule has 94 valence electrons. The molecule has 0 fully saturated rings. The van der Waals surface area contributed by atoms with E-state index >= 15 is 0 Å². The third-order valence-corrected chi connectivity index (χ3v) is 2.64. The van der Waals surface area contributed by atoms with E-state index in [-0.39, 0.29) is 6.42 Å². The summed E-state index contributed by atoms with van der Waals surface area (Å²) in [5.41, 5.74) is 2.46. The number of aliphatic carboxylic acids is 1. The second-order valence-corrected chi connectivity index (χ2v) is 4.28. The number of benzene rings is 1. The van der Waals surface area contributed by atoms with E-state index in [1.165, 1.54) is 17.3 Å². The predicted octanol–water partition coefficient (Wildman–Crippen LogP) is 2.40. The van der Waals surface area contributed by atoms with Gasteiger partial charge in [0.05, 0.1) is 6.20 Å². The van der Waals surface area contributed by atoms with Gasteiger partial charge in [0.2, 0.25) is 0 Å². The minimum atomic E-state index is -0.906. The van der Waals surface area contributed by atoms with Crippen LogP contribution in [0.3, 0.4) is 0 Å². The van der Waals surface area contributed by atoms with Crippen molar-refractivity contribution in [1.82, 2.24) is 4.98 Å². The SMILES string of the molecule is Cc1cccc(CCc2ncc(CC(=O)O)o2)c1. The monoisotopic (exact) mass is 245 g/mol. The van der Waals surface area contributed by atoms with Crippen LogP contribution in [0.5, 0.6) is 0 Å². The lowest BCUT2D eigenvalue weighted by Crippen LogP contribution is -1.98. The first-order valence-electron chi connectivity index (χ1n) is 5.84. The van der Waals surface area contributed by atoms with Gasteiger partial charge in [-0.3, -0.25) is 4.79 Å². The largest absolute Gasteiger partial charge is 0.481 e. The molecule has 0 bridgehead atoms. The first-order valence-corrected chi connectivity index (χ1v) is 5.84. The zero-order valence-corrected chi connectivity index (χ0v) is 10.2. The van der Waals surface area contributed by atoms with Crippen molar-refractivity contribution in [3.8, 4) is 0 Å². The Morgan fingerprint density at radius 3 is 2.94 bits per heavy atom. The molecule has 4 nitrogen and oxygen atoms in total. The lowest BCUT2D eigenvalue weighted by atomic mass is 10.1. The molecule has 0 atom stereocenters. The number of aryl methyl sites for hydroxylation is 3. The Hall–Kier alpha value is -2.10. The van der Waals surface area contributed by atoms with E-state index in [9.17, 15) is 4.79 Å². The molecular weight excluding hydrogens is 230 g/mol. The smallest absolute Gasteiger partial charge is 0.311 e. The summed E-state index contributed by atoms with van der Waals surface area (Å²) in [5.74, 6) is 0.0888. The Balaban J connectivity index is 1.94. The minimum Gasteiger partial charge on any atom is -0.481 e. The number of carbonyl (C=O) groups is 1. The van der Waals surface area contributed by atoms with Gasteiger partial charge in [0.1, 0.15) is 12.2 Å². The Kier molecular flexibility index (Phi) is 3.77. The fourth-order valence-corrected chi connectivity index (χ4v) is 1.81. The van der Waals surface area contributed by atoms with Crippen LogP contribution in [0.25, 0.3) is 0 Å². The Bertz CT molecular complexity index is 545. The Morgan fingerprint density at radius 1 is 1.39 bits per heavy atom. The third kappa shape index (κ3) is 3.45. The van der Waals surface area contributed by atoms with Gasteiger partial charge in [-0.15, -0.1) is 0 Å². The van der Waals surface area contributed by atoms with Crippen molar-refractivity contribution in [3.05, 3.63) is 53.2 Å². The van der Waals surface area contributed by atoms with E-state index in [0.717, 1.165) is 6.42 Å². The summed E-state index contributed by atoms with van der Waals surface area (Å²) < 4.78 is 5.35. The third-order valence-electron chi connectivity index (χ3n) is 2.64. The summed E-state index contributed by atoms with van der Waals surface area (Å²) in [5, 5.41) is 8.63. The Morgan fingerprint density at radius 2 is 2.22 bits per heavy atom. The number of aromatic nitrogens is 1. The maximum absolute atomic E-state index is 10.5. The molecule has 0 unspecified atom stereocenters. The van der Waals surface area contributed by atoms with Gasteiger partial charge in [-0.2, -0.15) is 0 Å². The number of oxazole rings is 1. The highest BCUT2D eigenvalue weighted by Gasteiger charge is 2.07. The van der Waals surface area contributed by atoms with E-state index in [4.69, 9.17) is 9.52 Å². The van der Waals surface area contributed by atoms with Gasteiger partial charge in [0.15, 0.2) is 5.89 Å². The first kappa shape index (κ1) is 12.4. The van der Waals surface area contributed by atoms with Crippen LogP contribution >= 0.6 is 0 Å². The number of nitrogens with zero attached hydrogens (tertiary/aromatic N) is 1. The van der Waals surface area contributed by atoms with Gasteiger partial charge in [-0.1, -0.05) is 29.8 Å². The standard InChI is InChI=1S/C14H15NO3/c1-10-3-2-4-11(7-10)5-6-13-15-9-12(18-13)8-14(16)17/h2-4,7,9H,5-6,8H2,1H3,(H,16,17). The molecule has 0 amide bonds. The zero-order valence-electron chi connectivity index (χ0n) is 10.2. The molecule has 2 rings (SSSR count). The van der Waals surface area contributed by atoms with Crippen molar-refractivity contribution in [2.45, 2.75) is 26.2 Å². The zero-order chi connectivity index (χ0) is 13.0. The molecule has 1 aromatic heterocycles. The van der Waals surface area contributed by atoms with Crippen LogP contribution in [-0.4, -0.2) is 16.1 Å². The first-order chi connectivity index (χ1) is 8.63. The van der Waals surface area contributed by atoms with E-state index in [1.54, 1.807) is 0 Å². The number of carboxylic acid groups (broad SMARTS) is 1. The van der Waals surface area contributed by atoms with E-state index < -0.39 is 5.97 Å². The van der Waals surface area contributed by atoms with Crippen LogP contribution in [0.15, 0.2) is 34.9 Å². The summed E-state index contributed by atoms with van der Waals surface area (Å²) in [7, 11) is 0. The van der Waals surface area contributed by atoms with Gasteiger partial charge in [0, 0.05) is 6.42 Å². The lowest BCUT2D eigenvalue weighted by Gasteiger charge is -2.00. The molecule has 1 heterocycles. The van der Waals surface area contributed by atoms with Gasteiger partial charge in [0.25, 0.3) is 0 Å². The van der Waals surface area contributed by atoms with Crippen molar-refractivity contribution in [2.24, 2.45) is 0 Å². The molecule has 0 aliphatic heterocycles. The van der Waals surface area contributed by atoms with Gasteiger partial charge < -0.3 is 9.52 Å². The molecule has 0 aliphatic carbocycles. The maximum atomic E-state index is 10.5. The highest BCUT2D eigenvalue weighted by molar-refractivity contribution is 5.69. The number of carboxylic acids is 1. The fourth-order valence-electron chi connectivity index (χ4n) is 1.81. The molecular formula is C14H15NO3.